The van der Waals surface area contributed by atoms with Gasteiger partial charge in [-0.2, -0.15) is 0 Å². The number of hydrogen-bond acceptors (Lipinski definition) is 3. The first-order valence-corrected chi connectivity index (χ1v) is 6.51. The Morgan fingerprint density at radius 2 is 1.71 bits per heavy atom. The topological polar surface area (TPSA) is 53.0 Å². The predicted octanol–water partition coefficient (Wildman–Crippen LogP) is 1.79. The van der Waals surface area contributed by atoms with Crippen LogP contribution in [0.15, 0.2) is 0 Å². The van der Waals surface area contributed by atoms with Gasteiger partial charge >= 0.3 is 0 Å². The molecule has 2 aliphatic heterocycles. The molecule has 0 unspecified atom stereocenters. The molecule has 0 aromatic rings. The molecule has 1 spiro atoms. The minimum atomic E-state index is -2.19. The first-order chi connectivity index (χ1) is 5.62. The van der Waals surface area contributed by atoms with Gasteiger partial charge in [0.2, 0.25) is 0 Å². The van der Waals surface area contributed by atoms with Crippen LogP contribution in [0.5, 0.6) is 0 Å². The Balaban J connectivity index is 0.000000845. The molecule has 2 heterocycles. The molecule has 0 aromatic carbocycles. The van der Waals surface area contributed by atoms with Crippen molar-refractivity contribution in [1.82, 2.24) is 5.32 Å². The number of halogens is 2. The summed E-state index contributed by atoms with van der Waals surface area (Å²) in [7, 11) is -2.19. The highest BCUT2D eigenvalue weighted by Gasteiger charge is 2.37. The lowest BCUT2D eigenvalue weighted by molar-refractivity contribution is 0.343. The Kier molecular flexibility index (Phi) is 5.19. The molecule has 2 aliphatic rings. The fourth-order valence-electron chi connectivity index (χ4n) is 2.24. The molecule has 0 aromatic heterocycles. The molecule has 0 aliphatic carbocycles. The van der Waals surface area contributed by atoms with E-state index in [-0.39, 0.29) is 30.4 Å². The van der Waals surface area contributed by atoms with Crippen molar-refractivity contribution < 1.29 is 4.21 Å². The summed E-state index contributed by atoms with van der Waals surface area (Å²) in [5.74, 6) is 1.22. The Hall–Kier alpha value is 0.490. The molecule has 2 saturated heterocycles. The van der Waals surface area contributed by atoms with E-state index in [4.69, 9.17) is 4.78 Å². The zero-order valence-electron chi connectivity index (χ0n) is 8.08. The molecule has 2 fully saturated rings. The fraction of sp³-hybridized carbons (Fsp3) is 1.00. The van der Waals surface area contributed by atoms with Gasteiger partial charge in [-0.05, 0) is 32.2 Å². The average Bonchev–Trinajstić information content (AvgIpc) is 2.46. The van der Waals surface area contributed by atoms with Gasteiger partial charge in [-0.1, -0.05) is 0 Å². The van der Waals surface area contributed by atoms with Gasteiger partial charge in [-0.15, -0.1) is 24.8 Å². The Morgan fingerprint density at radius 3 is 2.14 bits per heavy atom. The molecule has 0 bridgehead atoms. The maximum atomic E-state index is 11.4. The fourth-order valence-corrected chi connectivity index (χ4v) is 3.89. The predicted molar refractivity (Wildman–Crippen MR) is 64.3 cm³/mol. The highest BCUT2D eigenvalue weighted by atomic mass is 35.5. The molecule has 14 heavy (non-hydrogen) atoms. The summed E-state index contributed by atoms with van der Waals surface area (Å²) in [5, 5.41) is 3.50. The summed E-state index contributed by atoms with van der Waals surface area (Å²) in [6.45, 7) is 1.11. The lowest BCUT2D eigenvalue weighted by Gasteiger charge is -2.34. The Bertz CT molecular complexity index is 257. The lowest BCUT2D eigenvalue weighted by atomic mass is 9.91. The monoisotopic (exact) mass is 260 g/mol. The quantitative estimate of drug-likeness (QED) is 0.698. The van der Waals surface area contributed by atoms with Crippen LogP contribution in [0.3, 0.4) is 0 Å². The van der Waals surface area contributed by atoms with Crippen molar-refractivity contribution in [2.45, 2.75) is 31.2 Å². The van der Waals surface area contributed by atoms with Crippen molar-refractivity contribution in [3.05, 3.63) is 0 Å². The first-order valence-electron chi connectivity index (χ1n) is 4.61. The summed E-state index contributed by atoms with van der Waals surface area (Å²) in [4.78, 5) is 0. The van der Waals surface area contributed by atoms with E-state index in [1.165, 1.54) is 12.8 Å². The van der Waals surface area contributed by atoms with Gasteiger partial charge in [0, 0.05) is 26.8 Å². The highest BCUT2D eigenvalue weighted by Crippen LogP contribution is 2.31. The van der Waals surface area contributed by atoms with E-state index in [0.717, 1.165) is 19.4 Å². The summed E-state index contributed by atoms with van der Waals surface area (Å²) in [6, 6.07) is 0. The molecule has 6 heteroatoms. The van der Waals surface area contributed by atoms with Crippen LogP contribution in [0.4, 0.5) is 0 Å². The van der Waals surface area contributed by atoms with Crippen molar-refractivity contribution in [1.29, 1.82) is 4.78 Å². The third kappa shape index (κ3) is 2.99. The number of hydrogen-bond donors (Lipinski definition) is 2. The molecule has 3 nitrogen and oxygen atoms in total. The van der Waals surface area contributed by atoms with Crippen molar-refractivity contribution >= 4 is 34.5 Å². The molecule has 2 N–H and O–H groups in total. The van der Waals surface area contributed by atoms with Crippen molar-refractivity contribution in [2.24, 2.45) is 0 Å². The first kappa shape index (κ1) is 14.5. The molecule has 0 radical (unpaired) electrons. The van der Waals surface area contributed by atoms with Crippen LogP contribution in [0, 0.1) is 4.78 Å². The van der Waals surface area contributed by atoms with Crippen molar-refractivity contribution in [3.8, 4) is 0 Å². The molecule has 86 valence electrons. The molecule has 0 amide bonds. The molecule has 2 rings (SSSR count). The van der Waals surface area contributed by atoms with Gasteiger partial charge in [0.1, 0.15) is 0 Å². The SMILES string of the molecule is Cl.Cl.N=S1(=O)CCC2(CCCN2)CC1. The minimum absolute atomic E-state index is 0. The van der Waals surface area contributed by atoms with Crippen LogP contribution in [-0.4, -0.2) is 27.8 Å². The van der Waals surface area contributed by atoms with Crippen LogP contribution in [0.1, 0.15) is 25.7 Å². The van der Waals surface area contributed by atoms with E-state index in [1.54, 1.807) is 0 Å². The third-order valence-corrected chi connectivity index (χ3v) is 4.88. The van der Waals surface area contributed by atoms with Gasteiger partial charge in [0.25, 0.3) is 0 Å². The second-order valence-electron chi connectivity index (χ2n) is 4.03. The minimum Gasteiger partial charge on any atom is -0.311 e. The summed E-state index contributed by atoms with van der Waals surface area (Å²) in [6.07, 6.45) is 4.38. The summed E-state index contributed by atoms with van der Waals surface area (Å²) in [5.41, 5.74) is 0.280. The van der Waals surface area contributed by atoms with Gasteiger partial charge in [-0.25, -0.2) is 4.21 Å². The normalized spacial score (nSPS) is 41.4. The zero-order valence-corrected chi connectivity index (χ0v) is 10.5. The van der Waals surface area contributed by atoms with Gasteiger partial charge in [0.15, 0.2) is 0 Å². The summed E-state index contributed by atoms with van der Waals surface area (Å²) >= 11 is 0. The standard InChI is InChI=1S/C8H16N2OS.2ClH/c9-12(11)6-3-8(4-7-12)2-1-5-10-8;;/h9-10H,1-7H2;2*1H. The highest BCUT2D eigenvalue weighted by molar-refractivity contribution is 7.92. The second-order valence-corrected chi connectivity index (χ2v) is 6.47. The lowest BCUT2D eigenvalue weighted by Crippen LogP contribution is -2.46. The van der Waals surface area contributed by atoms with Gasteiger partial charge < -0.3 is 5.32 Å². The summed E-state index contributed by atoms with van der Waals surface area (Å²) < 4.78 is 18.9. The molecular weight excluding hydrogens is 243 g/mol. The zero-order chi connectivity index (χ0) is 8.66. The smallest absolute Gasteiger partial charge is 0.0442 e. The van der Waals surface area contributed by atoms with E-state index >= 15 is 0 Å². The largest absolute Gasteiger partial charge is 0.311 e. The average molecular weight is 261 g/mol. The van der Waals surface area contributed by atoms with Crippen LogP contribution >= 0.6 is 24.8 Å². The maximum absolute atomic E-state index is 11.4. The maximum Gasteiger partial charge on any atom is 0.0442 e. The molecule has 0 atom stereocenters. The number of rotatable bonds is 0. The van der Waals surface area contributed by atoms with Crippen LogP contribution < -0.4 is 5.32 Å². The van der Waals surface area contributed by atoms with Crippen LogP contribution in [0.25, 0.3) is 0 Å². The van der Waals surface area contributed by atoms with Crippen molar-refractivity contribution in [3.63, 3.8) is 0 Å². The van der Waals surface area contributed by atoms with Crippen LogP contribution in [0.2, 0.25) is 0 Å². The molecular formula is C8H18Cl2N2OS. The molecule has 0 saturated carbocycles. The van der Waals surface area contributed by atoms with E-state index in [9.17, 15) is 4.21 Å². The number of nitrogens with one attached hydrogen (secondary N) is 2. The van der Waals surface area contributed by atoms with Gasteiger partial charge in [-0.3, -0.25) is 4.78 Å². The van der Waals surface area contributed by atoms with E-state index in [0.29, 0.717) is 11.5 Å². The van der Waals surface area contributed by atoms with Gasteiger partial charge in [0.05, 0.1) is 0 Å². The van der Waals surface area contributed by atoms with E-state index < -0.39 is 9.73 Å². The Morgan fingerprint density at radius 1 is 1.14 bits per heavy atom. The van der Waals surface area contributed by atoms with Crippen LogP contribution in [-0.2, 0) is 9.73 Å². The van der Waals surface area contributed by atoms with E-state index in [2.05, 4.69) is 5.32 Å². The second kappa shape index (κ2) is 5.01. The van der Waals surface area contributed by atoms with Crippen molar-refractivity contribution in [2.75, 3.05) is 18.1 Å². The van der Waals surface area contributed by atoms with E-state index in [1.807, 2.05) is 0 Å². The third-order valence-electron chi connectivity index (χ3n) is 3.15. The Labute approximate surface area is 98.2 Å².